The molecule has 0 spiro atoms. The first-order chi connectivity index (χ1) is 12.0. The van der Waals surface area contributed by atoms with Gasteiger partial charge in [0.15, 0.2) is 11.4 Å². The van der Waals surface area contributed by atoms with Gasteiger partial charge >= 0.3 is 0 Å². The third-order valence-electron chi connectivity index (χ3n) is 4.04. The number of nitrogens with one attached hydrogen (secondary N) is 1. The topological polar surface area (TPSA) is 101 Å². The standard InChI is InChI=1S/C17H18ClN5O2/c18-11-1-3-13(4-2-11)22-16(24)14-15(21-8-7-20-14)17(25)23-9-5-12(19)6-10-23/h1-4,7-8,12H,5-6,9-10,19H2,(H,22,24). The van der Waals surface area contributed by atoms with Gasteiger partial charge < -0.3 is 16.0 Å². The highest BCUT2D eigenvalue weighted by molar-refractivity contribution is 6.30. The number of hydrogen-bond acceptors (Lipinski definition) is 5. The van der Waals surface area contributed by atoms with Gasteiger partial charge in [-0.25, -0.2) is 9.97 Å². The number of halogens is 1. The molecule has 3 N–H and O–H groups in total. The summed E-state index contributed by atoms with van der Waals surface area (Å²) in [6, 6.07) is 6.78. The molecule has 25 heavy (non-hydrogen) atoms. The van der Waals surface area contributed by atoms with Gasteiger partial charge in [0, 0.05) is 42.2 Å². The number of benzene rings is 1. The Bertz CT molecular complexity index is 773. The largest absolute Gasteiger partial charge is 0.337 e. The fourth-order valence-corrected chi connectivity index (χ4v) is 2.76. The van der Waals surface area contributed by atoms with Crippen molar-refractivity contribution in [3.63, 3.8) is 0 Å². The van der Waals surface area contributed by atoms with Crippen LogP contribution in [0.15, 0.2) is 36.7 Å². The second-order valence-corrected chi connectivity index (χ2v) is 6.28. The van der Waals surface area contributed by atoms with E-state index in [0.29, 0.717) is 23.8 Å². The number of aromatic nitrogens is 2. The molecule has 1 aromatic heterocycles. The summed E-state index contributed by atoms with van der Waals surface area (Å²) in [6.07, 6.45) is 4.26. The average molecular weight is 360 g/mol. The van der Waals surface area contributed by atoms with Crippen LogP contribution in [0, 0.1) is 0 Å². The number of amides is 2. The van der Waals surface area contributed by atoms with Crippen LogP contribution in [0.2, 0.25) is 5.02 Å². The van der Waals surface area contributed by atoms with Crippen LogP contribution in [0.4, 0.5) is 5.69 Å². The van der Waals surface area contributed by atoms with Crippen molar-refractivity contribution in [2.24, 2.45) is 5.73 Å². The summed E-state index contributed by atoms with van der Waals surface area (Å²) in [4.78, 5) is 35.0. The molecule has 1 aromatic carbocycles. The van der Waals surface area contributed by atoms with Crippen LogP contribution in [0.1, 0.15) is 33.8 Å². The van der Waals surface area contributed by atoms with Gasteiger partial charge in [0.05, 0.1) is 0 Å². The quantitative estimate of drug-likeness (QED) is 0.872. The Hall–Kier alpha value is -2.51. The molecule has 2 aromatic rings. The third-order valence-corrected chi connectivity index (χ3v) is 4.30. The minimum atomic E-state index is -0.493. The Labute approximate surface area is 150 Å². The maximum atomic E-state index is 12.7. The molecule has 1 fully saturated rings. The Balaban J connectivity index is 1.79. The summed E-state index contributed by atoms with van der Waals surface area (Å²) < 4.78 is 0. The van der Waals surface area contributed by atoms with E-state index in [4.69, 9.17) is 17.3 Å². The fourth-order valence-electron chi connectivity index (χ4n) is 2.64. The zero-order valence-electron chi connectivity index (χ0n) is 13.5. The van der Waals surface area contributed by atoms with Crippen LogP contribution in [0.5, 0.6) is 0 Å². The summed E-state index contributed by atoms with van der Waals surface area (Å²) in [7, 11) is 0. The Morgan fingerprint density at radius 3 is 2.32 bits per heavy atom. The molecule has 1 saturated heterocycles. The van der Waals surface area contributed by atoms with E-state index in [1.54, 1.807) is 29.2 Å². The van der Waals surface area contributed by atoms with Gasteiger partial charge in [0.25, 0.3) is 11.8 Å². The molecule has 0 saturated carbocycles. The van der Waals surface area contributed by atoms with E-state index >= 15 is 0 Å². The zero-order valence-corrected chi connectivity index (χ0v) is 14.2. The highest BCUT2D eigenvalue weighted by Crippen LogP contribution is 2.16. The summed E-state index contributed by atoms with van der Waals surface area (Å²) in [6.45, 7) is 1.10. The Morgan fingerprint density at radius 2 is 1.68 bits per heavy atom. The first-order valence-electron chi connectivity index (χ1n) is 7.97. The van der Waals surface area contributed by atoms with Gasteiger partial charge in [0.1, 0.15) is 0 Å². The smallest absolute Gasteiger partial charge is 0.276 e. The number of likely N-dealkylation sites (tertiary alicyclic amines) is 1. The van der Waals surface area contributed by atoms with Crippen LogP contribution < -0.4 is 11.1 Å². The van der Waals surface area contributed by atoms with Crippen molar-refractivity contribution >= 4 is 29.1 Å². The van der Waals surface area contributed by atoms with Crippen LogP contribution >= 0.6 is 11.6 Å². The van der Waals surface area contributed by atoms with E-state index < -0.39 is 5.91 Å². The van der Waals surface area contributed by atoms with E-state index in [-0.39, 0.29) is 23.3 Å². The summed E-state index contributed by atoms with van der Waals surface area (Å²) >= 11 is 5.83. The number of nitrogens with two attached hydrogens (primary N) is 1. The van der Waals surface area contributed by atoms with Crippen molar-refractivity contribution in [1.29, 1.82) is 0 Å². The van der Waals surface area contributed by atoms with Crippen molar-refractivity contribution < 1.29 is 9.59 Å². The SMILES string of the molecule is NC1CCN(C(=O)c2nccnc2C(=O)Nc2ccc(Cl)cc2)CC1. The van der Waals surface area contributed by atoms with E-state index in [2.05, 4.69) is 15.3 Å². The lowest BCUT2D eigenvalue weighted by atomic mass is 10.1. The summed E-state index contributed by atoms with van der Waals surface area (Å²) in [5, 5.41) is 3.27. The normalized spacial score (nSPS) is 15.0. The summed E-state index contributed by atoms with van der Waals surface area (Å²) in [5.74, 6) is -0.797. The lowest BCUT2D eigenvalue weighted by molar-refractivity contribution is 0.0703. The monoisotopic (exact) mass is 359 g/mol. The second-order valence-electron chi connectivity index (χ2n) is 5.84. The molecule has 7 nitrogen and oxygen atoms in total. The third kappa shape index (κ3) is 4.12. The minimum absolute atomic E-state index is 0.00248. The molecule has 1 aliphatic rings. The van der Waals surface area contributed by atoms with E-state index in [1.807, 2.05) is 0 Å². The number of hydrogen-bond donors (Lipinski definition) is 2. The second kappa shape index (κ2) is 7.58. The summed E-state index contributed by atoms with van der Waals surface area (Å²) in [5.41, 5.74) is 6.47. The maximum absolute atomic E-state index is 12.7. The lowest BCUT2D eigenvalue weighted by Crippen LogP contribution is -2.43. The van der Waals surface area contributed by atoms with Gasteiger partial charge in [0.2, 0.25) is 0 Å². The average Bonchev–Trinajstić information content (AvgIpc) is 2.63. The molecule has 2 heterocycles. The Kier molecular flexibility index (Phi) is 5.25. The van der Waals surface area contributed by atoms with Crippen molar-refractivity contribution in [1.82, 2.24) is 14.9 Å². The number of carbonyl (C=O) groups excluding carboxylic acids is 2. The molecule has 8 heteroatoms. The first-order valence-corrected chi connectivity index (χ1v) is 8.35. The van der Waals surface area contributed by atoms with Gasteiger partial charge in [-0.15, -0.1) is 0 Å². The zero-order chi connectivity index (χ0) is 17.8. The molecule has 0 bridgehead atoms. The van der Waals surface area contributed by atoms with E-state index in [0.717, 1.165) is 12.8 Å². The number of carbonyl (C=O) groups is 2. The van der Waals surface area contributed by atoms with Gasteiger partial charge in [-0.05, 0) is 37.1 Å². The molecule has 0 aliphatic carbocycles. The van der Waals surface area contributed by atoms with Crippen molar-refractivity contribution in [2.45, 2.75) is 18.9 Å². The molecule has 0 radical (unpaired) electrons. The maximum Gasteiger partial charge on any atom is 0.276 e. The Morgan fingerprint density at radius 1 is 1.08 bits per heavy atom. The fraction of sp³-hybridized carbons (Fsp3) is 0.294. The van der Waals surface area contributed by atoms with Crippen molar-refractivity contribution in [2.75, 3.05) is 18.4 Å². The predicted molar refractivity (Wildman–Crippen MR) is 94.6 cm³/mol. The van der Waals surface area contributed by atoms with Gasteiger partial charge in [-0.1, -0.05) is 11.6 Å². The number of nitrogens with zero attached hydrogens (tertiary/aromatic N) is 3. The van der Waals surface area contributed by atoms with E-state index in [1.165, 1.54) is 12.4 Å². The first kappa shape index (κ1) is 17.3. The van der Waals surface area contributed by atoms with Crippen LogP contribution in [-0.2, 0) is 0 Å². The molecule has 2 amide bonds. The van der Waals surface area contributed by atoms with Crippen molar-refractivity contribution in [3.8, 4) is 0 Å². The number of rotatable bonds is 3. The molecule has 0 atom stereocenters. The molecular formula is C17H18ClN5O2. The van der Waals surface area contributed by atoms with Gasteiger partial charge in [-0.3, -0.25) is 9.59 Å². The molecule has 3 rings (SSSR count). The van der Waals surface area contributed by atoms with Crippen LogP contribution in [0.3, 0.4) is 0 Å². The highest BCUT2D eigenvalue weighted by Gasteiger charge is 2.27. The predicted octanol–water partition coefficient (Wildman–Crippen LogP) is 1.95. The van der Waals surface area contributed by atoms with Crippen LogP contribution in [0.25, 0.3) is 0 Å². The number of anilines is 1. The van der Waals surface area contributed by atoms with Gasteiger partial charge in [-0.2, -0.15) is 0 Å². The van der Waals surface area contributed by atoms with E-state index in [9.17, 15) is 9.59 Å². The minimum Gasteiger partial charge on any atom is -0.337 e. The van der Waals surface area contributed by atoms with Crippen LogP contribution in [-0.4, -0.2) is 45.8 Å². The molecule has 0 unspecified atom stereocenters. The molecule has 1 aliphatic heterocycles. The number of piperidine rings is 1. The molecular weight excluding hydrogens is 342 g/mol. The lowest BCUT2D eigenvalue weighted by Gasteiger charge is -2.30. The highest BCUT2D eigenvalue weighted by atomic mass is 35.5. The molecule has 130 valence electrons. The van der Waals surface area contributed by atoms with Crippen molar-refractivity contribution in [3.05, 3.63) is 53.1 Å².